The number of hydrogen-bond acceptors (Lipinski definition) is 5. The fourth-order valence-corrected chi connectivity index (χ4v) is 3.65. The third-order valence-electron chi connectivity index (χ3n) is 5.18. The summed E-state index contributed by atoms with van der Waals surface area (Å²) < 4.78 is 10.1. The number of benzene rings is 2. The summed E-state index contributed by atoms with van der Waals surface area (Å²) in [5.41, 5.74) is 2.15. The van der Waals surface area contributed by atoms with Gasteiger partial charge in [0.05, 0.1) is 19.8 Å². The Morgan fingerprint density at radius 1 is 1.10 bits per heavy atom. The van der Waals surface area contributed by atoms with Gasteiger partial charge in [-0.2, -0.15) is 0 Å². The Bertz CT molecular complexity index is 848. The summed E-state index contributed by atoms with van der Waals surface area (Å²) in [4.78, 5) is 26.8. The number of amides is 2. The molecule has 1 fully saturated rings. The molecule has 7 nitrogen and oxygen atoms in total. The van der Waals surface area contributed by atoms with Crippen LogP contribution >= 0.6 is 0 Å². The van der Waals surface area contributed by atoms with Crippen molar-refractivity contribution in [2.24, 2.45) is 0 Å². The lowest BCUT2D eigenvalue weighted by molar-refractivity contribution is 0.0937. The van der Waals surface area contributed by atoms with E-state index in [1.807, 2.05) is 12.1 Å². The van der Waals surface area contributed by atoms with Gasteiger partial charge in [-0.05, 0) is 68.8 Å². The van der Waals surface area contributed by atoms with E-state index in [4.69, 9.17) is 9.47 Å². The molecule has 30 heavy (non-hydrogen) atoms. The van der Waals surface area contributed by atoms with Crippen molar-refractivity contribution in [2.75, 3.05) is 38.7 Å². The molecule has 0 spiro atoms. The van der Waals surface area contributed by atoms with E-state index in [0.29, 0.717) is 17.8 Å². The molecule has 7 heteroatoms. The molecule has 3 rings (SSSR count). The molecule has 0 radical (unpaired) electrons. The van der Waals surface area contributed by atoms with Crippen molar-refractivity contribution in [2.45, 2.75) is 25.8 Å². The van der Waals surface area contributed by atoms with E-state index < -0.39 is 6.09 Å². The zero-order valence-corrected chi connectivity index (χ0v) is 17.5. The molecule has 160 valence electrons. The summed E-state index contributed by atoms with van der Waals surface area (Å²) in [5.74, 6) is 0.633. The van der Waals surface area contributed by atoms with E-state index in [-0.39, 0.29) is 18.6 Å². The molecule has 0 aromatic heterocycles. The van der Waals surface area contributed by atoms with Crippen LogP contribution in [-0.2, 0) is 4.74 Å². The van der Waals surface area contributed by atoms with Gasteiger partial charge in [-0.15, -0.1) is 0 Å². The molecule has 1 saturated heterocycles. The van der Waals surface area contributed by atoms with Crippen LogP contribution in [0.25, 0.3) is 0 Å². The number of carbonyl (C=O) groups is 2. The van der Waals surface area contributed by atoms with Gasteiger partial charge in [-0.25, -0.2) is 4.79 Å². The van der Waals surface area contributed by atoms with E-state index in [9.17, 15) is 9.59 Å². The molecule has 1 heterocycles. The fourth-order valence-electron chi connectivity index (χ4n) is 3.65. The minimum atomic E-state index is -0.538. The molecule has 2 aromatic carbocycles. The van der Waals surface area contributed by atoms with Crippen LogP contribution in [0.4, 0.5) is 10.5 Å². The van der Waals surface area contributed by atoms with Crippen LogP contribution in [-0.4, -0.2) is 50.3 Å². The van der Waals surface area contributed by atoms with Gasteiger partial charge in [0, 0.05) is 17.8 Å². The van der Waals surface area contributed by atoms with Crippen molar-refractivity contribution in [3.63, 3.8) is 0 Å². The number of anilines is 1. The Kier molecular flexibility index (Phi) is 7.68. The summed E-state index contributed by atoms with van der Waals surface area (Å²) in [6.07, 6.45) is 1.80. The Morgan fingerprint density at radius 2 is 1.83 bits per heavy atom. The molecule has 0 saturated carbocycles. The molecular formula is C23H29N3O4. The van der Waals surface area contributed by atoms with Crippen molar-refractivity contribution in [1.82, 2.24) is 10.2 Å². The summed E-state index contributed by atoms with van der Waals surface area (Å²) >= 11 is 0. The van der Waals surface area contributed by atoms with E-state index in [2.05, 4.69) is 27.7 Å². The molecule has 1 aliphatic rings. The summed E-state index contributed by atoms with van der Waals surface area (Å²) in [6, 6.07) is 14.9. The highest BCUT2D eigenvalue weighted by atomic mass is 16.5. The number of nitrogens with zero attached hydrogens (tertiary/aromatic N) is 1. The lowest BCUT2D eigenvalue weighted by Crippen LogP contribution is -2.36. The maximum absolute atomic E-state index is 12.8. The van der Waals surface area contributed by atoms with Gasteiger partial charge >= 0.3 is 6.09 Å². The largest absolute Gasteiger partial charge is 0.497 e. The predicted octanol–water partition coefficient (Wildman–Crippen LogP) is 3.83. The second-order valence-corrected chi connectivity index (χ2v) is 7.17. The minimum Gasteiger partial charge on any atom is -0.497 e. The Labute approximate surface area is 177 Å². The van der Waals surface area contributed by atoms with Crippen LogP contribution in [0.2, 0.25) is 0 Å². The predicted molar refractivity (Wildman–Crippen MR) is 116 cm³/mol. The van der Waals surface area contributed by atoms with Crippen LogP contribution in [0, 0.1) is 0 Å². The second kappa shape index (κ2) is 10.6. The van der Waals surface area contributed by atoms with E-state index >= 15 is 0 Å². The number of nitrogens with one attached hydrogen (secondary N) is 2. The van der Waals surface area contributed by atoms with Gasteiger partial charge in [0.1, 0.15) is 5.75 Å². The third kappa shape index (κ3) is 5.73. The molecule has 2 N–H and O–H groups in total. The van der Waals surface area contributed by atoms with Gasteiger partial charge in [-0.1, -0.05) is 18.2 Å². The number of methoxy groups -OCH3 is 1. The number of rotatable bonds is 8. The Balaban J connectivity index is 1.67. The molecule has 1 unspecified atom stereocenters. The first-order chi connectivity index (χ1) is 14.6. The topological polar surface area (TPSA) is 79.9 Å². The number of likely N-dealkylation sites (tertiary alicyclic amines) is 1. The van der Waals surface area contributed by atoms with Crippen LogP contribution in [0.1, 0.15) is 41.7 Å². The van der Waals surface area contributed by atoms with E-state index in [0.717, 1.165) is 24.4 Å². The average molecular weight is 412 g/mol. The Hall–Kier alpha value is -3.06. The molecule has 1 aliphatic heterocycles. The average Bonchev–Trinajstić information content (AvgIpc) is 3.29. The highest BCUT2D eigenvalue weighted by Gasteiger charge is 2.24. The first kappa shape index (κ1) is 21.6. The van der Waals surface area contributed by atoms with E-state index in [1.54, 1.807) is 38.3 Å². The number of hydrogen-bond donors (Lipinski definition) is 2. The maximum atomic E-state index is 12.8. The molecule has 0 aliphatic carbocycles. The second-order valence-electron chi connectivity index (χ2n) is 7.17. The van der Waals surface area contributed by atoms with Gasteiger partial charge in [0.2, 0.25) is 0 Å². The van der Waals surface area contributed by atoms with Crippen molar-refractivity contribution in [3.8, 4) is 5.75 Å². The number of carbonyl (C=O) groups excluding carboxylic acids is 2. The van der Waals surface area contributed by atoms with E-state index in [1.165, 1.54) is 12.8 Å². The van der Waals surface area contributed by atoms with Gasteiger partial charge < -0.3 is 14.8 Å². The first-order valence-corrected chi connectivity index (χ1v) is 10.3. The minimum absolute atomic E-state index is 0.100. The molecule has 0 bridgehead atoms. The quantitative estimate of drug-likeness (QED) is 0.690. The van der Waals surface area contributed by atoms with Gasteiger partial charge in [0.25, 0.3) is 5.91 Å². The molecule has 1 atom stereocenters. The highest BCUT2D eigenvalue weighted by molar-refractivity contribution is 5.96. The smallest absolute Gasteiger partial charge is 0.411 e. The highest BCUT2D eigenvalue weighted by Crippen LogP contribution is 2.26. The number of ether oxygens (including phenoxy) is 2. The zero-order chi connectivity index (χ0) is 21.3. The lowest BCUT2D eigenvalue weighted by atomic mass is 10.0. The fraction of sp³-hybridized carbons (Fsp3) is 0.391. The van der Waals surface area contributed by atoms with Crippen molar-refractivity contribution < 1.29 is 19.1 Å². The summed E-state index contributed by atoms with van der Waals surface area (Å²) in [7, 11) is 1.65. The first-order valence-electron chi connectivity index (χ1n) is 10.3. The monoisotopic (exact) mass is 411 g/mol. The SMILES string of the molecule is CCOC(=O)Nc1cccc(C(=O)NCC(c2ccc(OC)cc2)N2CCCC2)c1. The van der Waals surface area contributed by atoms with Crippen LogP contribution in [0.5, 0.6) is 5.75 Å². The standard InChI is InChI=1S/C23H29N3O4/c1-3-30-23(28)25-19-8-6-7-18(15-19)22(27)24-16-21(26-13-4-5-14-26)17-9-11-20(29-2)12-10-17/h6-12,15,21H,3-5,13-14,16H2,1-2H3,(H,24,27)(H,25,28). The zero-order valence-electron chi connectivity index (χ0n) is 17.5. The van der Waals surface area contributed by atoms with Crippen LogP contribution in [0.3, 0.4) is 0 Å². The Morgan fingerprint density at radius 3 is 2.50 bits per heavy atom. The normalized spacial score (nSPS) is 14.7. The molecule has 2 aromatic rings. The van der Waals surface area contributed by atoms with Crippen LogP contribution < -0.4 is 15.4 Å². The lowest BCUT2D eigenvalue weighted by Gasteiger charge is -2.28. The molecular weight excluding hydrogens is 382 g/mol. The van der Waals surface area contributed by atoms with Gasteiger partial charge in [0.15, 0.2) is 0 Å². The molecule has 2 amide bonds. The third-order valence-corrected chi connectivity index (χ3v) is 5.18. The maximum Gasteiger partial charge on any atom is 0.411 e. The van der Waals surface area contributed by atoms with Gasteiger partial charge in [-0.3, -0.25) is 15.0 Å². The van der Waals surface area contributed by atoms with Crippen LogP contribution in [0.15, 0.2) is 48.5 Å². The van der Waals surface area contributed by atoms with Crippen molar-refractivity contribution in [1.29, 1.82) is 0 Å². The summed E-state index contributed by atoms with van der Waals surface area (Å²) in [6.45, 7) is 4.57. The summed E-state index contributed by atoms with van der Waals surface area (Å²) in [5, 5.41) is 5.68. The van der Waals surface area contributed by atoms with Crippen molar-refractivity contribution in [3.05, 3.63) is 59.7 Å². The van der Waals surface area contributed by atoms with Crippen molar-refractivity contribution >= 4 is 17.7 Å².